The van der Waals surface area contributed by atoms with Crippen LogP contribution in [-0.4, -0.2) is 51.6 Å². The fourth-order valence-corrected chi connectivity index (χ4v) is 5.47. The van der Waals surface area contributed by atoms with E-state index in [9.17, 15) is 14.4 Å². The fourth-order valence-electron chi connectivity index (χ4n) is 5.09. The summed E-state index contributed by atoms with van der Waals surface area (Å²) in [7, 11) is 0. The zero-order chi connectivity index (χ0) is 37.1. The monoisotopic (exact) mass is 760 g/mol. The number of nitrogens with zero attached hydrogens (tertiary/aromatic N) is 1. The molecule has 0 saturated heterocycles. The van der Waals surface area contributed by atoms with E-state index in [2.05, 4.69) is 33.0 Å². The Kier molecular flexibility index (Phi) is 12.4. The average molecular weight is 762 g/mol. The van der Waals surface area contributed by atoms with E-state index in [1.807, 2.05) is 112 Å². The summed E-state index contributed by atoms with van der Waals surface area (Å²) in [4.78, 5) is 42.2. The third kappa shape index (κ3) is 10.5. The van der Waals surface area contributed by atoms with Crippen LogP contribution in [-0.2, 0) is 19.1 Å². The molecule has 0 radical (unpaired) electrons. The summed E-state index contributed by atoms with van der Waals surface area (Å²) in [5.41, 5.74) is 6.02. The van der Waals surface area contributed by atoms with Crippen molar-refractivity contribution in [2.45, 2.75) is 26.4 Å². The third-order valence-electron chi connectivity index (χ3n) is 7.32. The van der Waals surface area contributed by atoms with Gasteiger partial charge in [-0.25, -0.2) is 14.6 Å². The van der Waals surface area contributed by atoms with Crippen LogP contribution < -0.4 is 9.47 Å². The highest BCUT2D eigenvalue weighted by Crippen LogP contribution is 2.37. The molecule has 5 aromatic carbocycles. The molecule has 0 aliphatic rings. The van der Waals surface area contributed by atoms with Crippen molar-refractivity contribution in [3.63, 3.8) is 0 Å². The molecular formula is C42H37BrN2O7. The van der Waals surface area contributed by atoms with Crippen molar-refractivity contribution in [2.75, 3.05) is 13.2 Å². The Morgan fingerprint density at radius 1 is 0.673 bits per heavy atom. The maximum atomic E-state index is 11.4. The predicted octanol–water partition coefficient (Wildman–Crippen LogP) is 9.28. The van der Waals surface area contributed by atoms with Gasteiger partial charge in [0.05, 0.1) is 11.4 Å². The standard InChI is InChI=1S/C30H22N2O4.C12H15BrO3/c33-26(30(34)35)19-36-23-15-9-14-22(18-23)24-16-7-8-17-25(24)29-31-27(20-10-3-1-4-11-20)28(32-29)21-12-5-2-6-13-21;1-12(2,3)16-11(14)8-15-10-6-4-5-9(13)7-10/h1-18H,19H2,(H,31,32)(H,34,35);4-7H,8H2,1-3H3. The van der Waals surface area contributed by atoms with E-state index in [-0.39, 0.29) is 12.6 Å². The largest absolute Gasteiger partial charge is 0.485 e. The normalized spacial score (nSPS) is 10.8. The summed E-state index contributed by atoms with van der Waals surface area (Å²) < 4.78 is 16.7. The molecule has 52 heavy (non-hydrogen) atoms. The number of hydrogen-bond acceptors (Lipinski definition) is 7. The number of carbonyl (C=O) groups excluding carboxylic acids is 2. The molecule has 6 aromatic rings. The van der Waals surface area contributed by atoms with E-state index in [0.717, 1.165) is 49.5 Å². The number of ketones is 1. The summed E-state index contributed by atoms with van der Waals surface area (Å²) >= 11 is 3.32. The van der Waals surface area contributed by atoms with Crippen LogP contribution in [0.25, 0.3) is 45.0 Å². The number of ether oxygens (including phenoxy) is 3. The van der Waals surface area contributed by atoms with Crippen LogP contribution in [0.4, 0.5) is 0 Å². The van der Waals surface area contributed by atoms with Gasteiger partial charge in [-0.2, -0.15) is 0 Å². The molecular weight excluding hydrogens is 724 g/mol. The Morgan fingerprint density at radius 2 is 1.23 bits per heavy atom. The van der Waals surface area contributed by atoms with Crippen LogP contribution in [0.5, 0.6) is 11.5 Å². The predicted molar refractivity (Wildman–Crippen MR) is 204 cm³/mol. The summed E-state index contributed by atoms with van der Waals surface area (Å²) in [6, 6.07) is 42.5. The second kappa shape index (κ2) is 17.3. The van der Waals surface area contributed by atoms with Crippen LogP contribution in [0.3, 0.4) is 0 Å². The summed E-state index contributed by atoms with van der Waals surface area (Å²) in [6.07, 6.45) is 0. The van der Waals surface area contributed by atoms with Gasteiger partial charge < -0.3 is 24.3 Å². The molecule has 2 N–H and O–H groups in total. The van der Waals surface area contributed by atoms with E-state index in [4.69, 9.17) is 24.3 Å². The first-order chi connectivity index (χ1) is 25.0. The van der Waals surface area contributed by atoms with Crippen molar-refractivity contribution in [2.24, 2.45) is 0 Å². The molecule has 0 amide bonds. The minimum absolute atomic E-state index is 0.0757. The Labute approximate surface area is 310 Å². The highest BCUT2D eigenvalue weighted by atomic mass is 79.9. The number of halogens is 1. The molecule has 264 valence electrons. The topological polar surface area (TPSA) is 128 Å². The smallest absolute Gasteiger partial charge is 0.375 e. The van der Waals surface area contributed by atoms with E-state index in [0.29, 0.717) is 11.5 Å². The van der Waals surface area contributed by atoms with Crippen LogP contribution in [0.2, 0.25) is 0 Å². The van der Waals surface area contributed by atoms with Gasteiger partial charge >= 0.3 is 11.9 Å². The van der Waals surface area contributed by atoms with Gasteiger partial charge in [-0.1, -0.05) is 119 Å². The number of carbonyl (C=O) groups is 3. The minimum Gasteiger partial charge on any atom is -0.485 e. The Morgan fingerprint density at radius 3 is 1.87 bits per heavy atom. The average Bonchev–Trinajstić information content (AvgIpc) is 3.59. The van der Waals surface area contributed by atoms with Gasteiger partial charge in [0.1, 0.15) is 22.9 Å². The van der Waals surface area contributed by atoms with Gasteiger partial charge in [0.15, 0.2) is 13.2 Å². The Balaban J connectivity index is 0.000000275. The number of esters is 1. The van der Waals surface area contributed by atoms with Crippen molar-refractivity contribution < 1.29 is 33.7 Å². The lowest BCUT2D eigenvalue weighted by molar-refractivity contribution is -0.157. The zero-order valence-electron chi connectivity index (χ0n) is 28.8. The first kappa shape index (κ1) is 37.3. The zero-order valence-corrected chi connectivity index (χ0v) is 30.4. The quantitative estimate of drug-likeness (QED) is 0.0988. The number of imidazole rings is 1. The molecule has 0 saturated carbocycles. The lowest BCUT2D eigenvalue weighted by Gasteiger charge is -2.19. The molecule has 9 nitrogen and oxygen atoms in total. The Bertz CT molecular complexity index is 2080. The number of rotatable bonds is 11. The van der Waals surface area contributed by atoms with Gasteiger partial charge in [-0.15, -0.1) is 0 Å². The van der Waals surface area contributed by atoms with Gasteiger partial charge in [0.2, 0.25) is 0 Å². The molecule has 6 rings (SSSR count). The first-order valence-corrected chi connectivity index (χ1v) is 17.2. The molecule has 0 aliphatic carbocycles. The molecule has 10 heteroatoms. The number of nitrogens with one attached hydrogen (secondary N) is 1. The van der Waals surface area contributed by atoms with Crippen molar-refractivity contribution in [1.82, 2.24) is 9.97 Å². The summed E-state index contributed by atoms with van der Waals surface area (Å²) in [6.45, 7) is 4.87. The molecule has 0 bridgehead atoms. The SMILES string of the molecule is CC(C)(C)OC(=O)COc1cccc(Br)c1.O=C(O)C(=O)COc1cccc(-c2ccccc2-c2nc(-c3ccccc3)c(-c3ccccc3)[nH]2)c1. The lowest BCUT2D eigenvalue weighted by Crippen LogP contribution is -2.27. The molecule has 0 atom stereocenters. The fraction of sp³-hybridized carbons (Fsp3) is 0.143. The van der Waals surface area contributed by atoms with Crippen LogP contribution in [0.1, 0.15) is 20.8 Å². The van der Waals surface area contributed by atoms with Gasteiger partial charge in [0.25, 0.3) is 5.78 Å². The molecule has 0 fully saturated rings. The third-order valence-corrected chi connectivity index (χ3v) is 7.82. The maximum absolute atomic E-state index is 11.4. The van der Waals surface area contributed by atoms with Crippen molar-refractivity contribution in [3.05, 3.63) is 138 Å². The van der Waals surface area contributed by atoms with E-state index < -0.39 is 24.0 Å². The molecule has 1 aromatic heterocycles. The van der Waals surface area contributed by atoms with Gasteiger partial charge in [0, 0.05) is 21.2 Å². The molecule has 0 spiro atoms. The molecule has 0 aliphatic heterocycles. The van der Waals surface area contributed by atoms with E-state index >= 15 is 0 Å². The number of benzene rings is 5. The summed E-state index contributed by atoms with van der Waals surface area (Å²) in [5.74, 6) is -1.12. The number of carboxylic acids is 1. The molecule has 1 heterocycles. The van der Waals surface area contributed by atoms with Crippen LogP contribution in [0.15, 0.2) is 138 Å². The second-order valence-corrected chi connectivity index (χ2v) is 13.4. The maximum Gasteiger partial charge on any atom is 0.375 e. The van der Waals surface area contributed by atoms with Crippen LogP contribution >= 0.6 is 15.9 Å². The Hall–Kier alpha value is -6.00. The number of aromatic amines is 1. The van der Waals surface area contributed by atoms with Gasteiger partial charge in [-0.05, 0) is 62.2 Å². The first-order valence-electron chi connectivity index (χ1n) is 16.4. The van der Waals surface area contributed by atoms with Crippen molar-refractivity contribution in [3.8, 4) is 56.5 Å². The molecule has 0 unspecified atom stereocenters. The number of hydrogen-bond donors (Lipinski definition) is 2. The minimum atomic E-state index is -1.52. The van der Waals surface area contributed by atoms with Gasteiger partial charge in [-0.3, -0.25) is 4.79 Å². The summed E-state index contributed by atoms with van der Waals surface area (Å²) in [5, 5.41) is 8.80. The van der Waals surface area contributed by atoms with E-state index in [1.165, 1.54) is 0 Å². The van der Waals surface area contributed by atoms with E-state index in [1.54, 1.807) is 30.3 Å². The second-order valence-electron chi connectivity index (χ2n) is 12.5. The van der Waals surface area contributed by atoms with Crippen molar-refractivity contribution >= 4 is 33.7 Å². The van der Waals surface area contributed by atoms with Crippen LogP contribution in [0, 0.1) is 0 Å². The van der Waals surface area contributed by atoms with Crippen molar-refractivity contribution in [1.29, 1.82) is 0 Å². The number of H-pyrrole nitrogens is 1. The highest BCUT2D eigenvalue weighted by molar-refractivity contribution is 9.10. The highest BCUT2D eigenvalue weighted by Gasteiger charge is 2.19. The number of carboxylic acid groups (broad SMARTS) is 1. The lowest BCUT2D eigenvalue weighted by atomic mass is 9.99. The number of Topliss-reactive ketones (excluding diaryl/α,β-unsaturated/α-hetero) is 1. The number of aliphatic carboxylic acids is 1. The number of aromatic nitrogens is 2.